The number of aromatic carboxylic acids is 1. The molecule has 0 spiro atoms. The first-order chi connectivity index (χ1) is 17.1. The second-order valence-corrected chi connectivity index (χ2v) is 8.34. The Kier molecular flexibility index (Phi) is 6.69. The van der Waals surface area contributed by atoms with Gasteiger partial charge in [-0.3, -0.25) is 9.59 Å². The molecule has 36 heavy (non-hydrogen) atoms. The lowest BCUT2D eigenvalue weighted by Gasteiger charge is -2.23. The number of fused-ring (bicyclic) bond motifs is 2. The lowest BCUT2D eigenvalue weighted by atomic mass is 10.1. The highest BCUT2D eigenvalue weighted by atomic mass is 16.7. The smallest absolute Gasteiger partial charge is 0.335 e. The van der Waals surface area contributed by atoms with Gasteiger partial charge in [0.15, 0.2) is 11.5 Å². The molecule has 1 heterocycles. The predicted molar refractivity (Wildman–Crippen MR) is 133 cm³/mol. The summed E-state index contributed by atoms with van der Waals surface area (Å²) in [5.74, 6) is -1.74. The molecule has 0 aromatic heterocycles. The molecule has 2 amide bonds. The van der Waals surface area contributed by atoms with Crippen molar-refractivity contribution in [1.82, 2.24) is 0 Å². The van der Waals surface area contributed by atoms with E-state index in [1.165, 1.54) is 24.3 Å². The Morgan fingerprint density at radius 2 is 1.75 bits per heavy atom. The molecule has 1 aliphatic rings. The van der Waals surface area contributed by atoms with Crippen molar-refractivity contribution in [1.29, 1.82) is 0 Å². The molecule has 0 bridgehead atoms. The fourth-order valence-corrected chi connectivity index (χ4v) is 3.55. The van der Waals surface area contributed by atoms with Crippen molar-refractivity contribution in [3.05, 3.63) is 71.3 Å². The minimum absolute atomic E-state index is 0.0107. The Bertz CT molecular complexity index is 1340. The van der Waals surface area contributed by atoms with Crippen LogP contribution in [0.3, 0.4) is 0 Å². The molecular formula is C26H25N3O7. The van der Waals surface area contributed by atoms with Crippen molar-refractivity contribution in [2.24, 2.45) is 0 Å². The normalized spacial score (nSPS) is 14.6. The third kappa shape index (κ3) is 5.17. The molecule has 10 nitrogen and oxygen atoms in total. The second-order valence-electron chi connectivity index (χ2n) is 8.34. The van der Waals surface area contributed by atoms with Gasteiger partial charge in [-0.05, 0) is 68.4 Å². The van der Waals surface area contributed by atoms with Crippen molar-refractivity contribution in [2.75, 3.05) is 16.4 Å². The fourth-order valence-electron chi connectivity index (χ4n) is 3.55. The number of hydrogen-bond donors (Lipinski definition) is 4. The van der Waals surface area contributed by atoms with Crippen LogP contribution in [-0.4, -0.2) is 35.3 Å². The van der Waals surface area contributed by atoms with Gasteiger partial charge in [0.05, 0.1) is 28.6 Å². The Balaban J connectivity index is 1.75. The van der Waals surface area contributed by atoms with Gasteiger partial charge in [0.25, 0.3) is 11.8 Å². The molecule has 0 fully saturated rings. The van der Waals surface area contributed by atoms with E-state index in [1.54, 1.807) is 51.1 Å². The summed E-state index contributed by atoms with van der Waals surface area (Å²) in [4.78, 5) is 37.5. The highest BCUT2D eigenvalue weighted by Crippen LogP contribution is 2.42. The molecule has 5 N–H and O–H groups in total. The molecule has 0 radical (unpaired) electrons. The van der Waals surface area contributed by atoms with E-state index in [4.69, 9.17) is 19.9 Å². The minimum atomic E-state index is -1.14. The number of nitrogens with one attached hydrogen (secondary N) is 2. The van der Waals surface area contributed by atoms with Crippen LogP contribution in [0.1, 0.15) is 51.8 Å². The standard InChI is InChI=1S/C26H25N3O7/c1-13(2)34-23-20(29-24(30)15-4-7-17(27)8-5-15)11-9-18-22(23)36-14(3)35-21-12-16(26(32)33)6-10-19(21)28-25(18)31/h4-14H,27H2,1-3H3,(H,28,31)(H,29,30)(H,32,33). The van der Waals surface area contributed by atoms with Crippen LogP contribution < -0.4 is 30.6 Å². The molecule has 0 aliphatic carbocycles. The summed E-state index contributed by atoms with van der Waals surface area (Å²) in [6.07, 6.45) is -1.27. The Hall–Kier alpha value is -4.73. The zero-order chi connectivity index (χ0) is 26.0. The van der Waals surface area contributed by atoms with Crippen LogP contribution in [0.15, 0.2) is 54.6 Å². The molecule has 1 unspecified atom stereocenters. The number of amides is 2. The summed E-state index contributed by atoms with van der Waals surface area (Å²) in [6.45, 7) is 5.18. The lowest BCUT2D eigenvalue weighted by molar-refractivity contribution is 0.0194. The molecular weight excluding hydrogens is 466 g/mol. The van der Waals surface area contributed by atoms with Gasteiger partial charge in [-0.1, -0.05) is 0 Å². The molecule has 10 heteroatoms. The highest BCUT2D eigenvalue weighted by molar-refractivity contribution is 6.10. The first kappa shape index (κ1) is 24.4. The van der Waals surface area contributed by atoms with Gasteiger partial charge in [0, 0.05) is 18.2 Å². The third-order valence-electron chi connectivity index (χ3n) is 5.18. The van der Waals surface area contributed by atoms with Gasteiger partial charge in [-0.25, -0.2) is 4.79 Å². The molecule has 4 rings (SSSR count). The van der Waals surface area contributed by atoms with Crippen molar-refractivity contribution in [3.63, 3.8) is 0 Å². The van der Waals surface area contributed by atoms with Crippen LogP contribution in [0, 0.1) is 0 Å². The van der Waals surface area contributed by atoms with E-state index >= 15 is 0 Å². The molecule has 0 saturated heterocycles. The van der Waals surface area contributed by atoms with Crippen LogP contribution in [0.5, 0.6) is 17.2 Å². The molecule has 0 saturated carbocycles. The van der Waals surface area contributed by atoms with E-state index in [-0.39, 0.29) is 45.9 Å². The van der Waals surface area contributed by atoms with Crippen LogP contribution in [0.4, 0.5) is 17.1 Å². The molecule has 3 aromatic carbocycles. The lowest BCUT2D eigenvalue weighted by Crippen LogP contribution is -2.22. The second kappa shape index (κ2) is 9.87. The Morgan fingerprint density at radius 3 is 2.42 bits per heavy atom. The number of carboxylic acids is 1. The predicted octanol–water partition coefficient (Wildman–Crippen LogP) is 4.38. The maximum absolute atomic E-state index is 13.2. The Labute approximate surface area is 207 Å². The van der Waals surface area contributed by atoms with E-state index in [0.717, 1.165) is 0 Å². The van der Waals surface area contributed by atoms with E-state index in [0.29, 0.717) is 11.3 Å². The van der Waals surface area contributed by atoms with Crippen LogP contribution in [0.25, 0.3) is 0 Å². The molecule has 186 valence electrons. The number of carboxylic acid groups (broad SMARTS) is 1. The van der Waals surface area contributed by atoms with Crippen molar-refractivity contribution in [2.45, 2.75) is 33.2 Å². The number of anilines is 3. The van der Waals surface area contributed by atoms with Gasteiger partial charge in [0.1, 0.15) is 5.75 Å². The van der Waals surface area contributed by atoms with Crippen LogP contribution in [-0.2, 0) is 0 Å². The number of carbonyl (C=O) groups is 3. The first-order valence-electron chi connectivity index (χ1n) is 11.1. The Morgan fingerprint density at radius 1 is 1.06 bits per heavy atom. The molecule has 3 aromatic rings. The van der Waals surface area contributed by atoms with E-state index in [2.05, 4.69) is 10.6 Å². The maximum Gasteiger partial charge on any atom is 0.335 e. The summed E-state index contributed by atoms with van der Waals surface area (Å²) in [6, 6.07) is 13.6. The number of benzene rings is 3. The molecule has 1 atom stereocenters. The van der Waals surface area contributed by atoms with Crippen LogP contribution in [0.2, 0.25) is 0 Å². The summed E-state index contributed by atoms with van der Waals surface area (Å²) in [5, 5.41) is 14.8. The summed E-state index contributed by atoms with van der Waals surface area (Å²) in [5.41, 5.74) is 7.31. The quantitative estimate of drug-likeness (QED) is 0.384. The van der Waals surface area contributed by atoms with Gasteiger partial charge in [0.2, 0.25) is 6.29 Å². The summed E-state index contributed by atoms with van der Waals surface area (Å²) < 4.78 is 17.8. The highest BCUT2D eigenvalue weighted by Gasteiger charge is 2.28. The third-order valence-corrected chi connectivity index (χ3v) is 5.18. The van der Waals surface area contributed by atoms with Gasteiger partial charge < -0.3 is 35.7 Å². The number of nitrogen functional groups attached to an aromatic ring is 1. The number of rotatable bonds is 5. The minimum Gasteiger partial charge on any atom is -0.485 e. The summed E-state index contributed by atoms with van der Waals surface area (Å²) in [7, 11) is 0. The van der Waals surface area contributed by atoms with Gasteiger partial charge in [-0.15, -0.1) is 0 Å². The van der Waals surface area contributed by atoms with E-state index < -0.39 is 24.1 Å². The van der Waals surface area contributed by atoms with Gasteiger partial charge >= 0.3 is 5.97 Å². The first-order valence-corrected chi connectivity index (χ1v) is 11.1. The largest absolute Gasteiger partial charge is 0.485 e. The number of carbonyl (C=O) groups excluding carboxylic acids is 2. The van der Waals surface area contributed by atoms with E-state index in [9.17, 15) is 19.5 Å². The van der Waals surface area contributed by atoms with Crippen LogP contribution >= 0.6 is 0 Å². The zero-order valence-electron chi connectivity index (χ0n) is 19.8. The number of nitrogens with two attached hydrogens (primary N) is 1. The SMILES string of the molecule is CC(C)Oc1c(NC(=O)c2ccc(N)cc2)ccc2c1OC(C)Oc1cc(C(=O)O)ccc1NC2=O. The van der Waals surface area contributed by atoms with Crippen molar-refractivity contribution < 1.29 is 33.7 Å². The van der Waals surface area contributed by atoms with Crippen molar-refractivity contribution >= 4 is 34.8 Å². The van der Waals surface area contributed by atoms with E-state index in [1.807, 2.05) is 0 Å². The van der Waals surface area contributed by atoms with Crippen molar-refractivity contribution in [3.8, 4) is 17.2 Å². The monoisotopic (exact) mass is 491 g/mol. The zero-order valence-corrected chi connectivity index (χ0v) is 19.8. The average molecular weight is 492 g/mol. The maximum atomic E-state index is 13.2. The number of ether oxygens (including phenoxy) is 3. The summed E-state index contributed by atoms with van der Waals surface area (Å²) >= 11 is 0. The molecule has 1 aliphatic heterocycles. The average Bonchev–Trinajstić information content (AvgIpc) is 2.86. The van der Waals surface area contributed by atoms with Gasteiger partial charge in [-0.2, -0.15) is 0 Å². The topological polar surface area (TPSA) is 149 Å². The fraction of sp³-hybridized carbons (Fsp3) is 0.192. The number of hydrogen-bond acceptors (Lipinski definition) is 7.